The van der Waals surface area contributed by atoms with Crippen LogP contribution in [0.15, 0.2) is 17.8 Å². The van der Waals surface area contributed by atoms with Crippen molar-refractivity contribution in [2.45, 2.75) is 13.8 Å². The van der Waals surface area contributed by atoms with Crippen molar-refractivity contribution in [1.29, 1.82) is 5.26 Å². The number of rotatable bonds is 6. The van der Waals surface area contributed by atoms with Gasteiger partial charge in [0, 0.05) is 12.7 Å². The van der Waals surface area contributed by atoms with Crippen molar-refractivity contribution in [2.24, 2.45) is 0 Å². The fraction of sp³-hybridized carbons (Fsp3) is 0.267. The fourth-order valence-corrected chi connectivity index (χ4v) is 2.43. The molecule has 0 spiro atoms. The molecule has 1 aromatic carbocycles. The molecule has 0 heterocycles. The number of nitriles is 1. The Bertz CT molecular complexity index is 727. The highest BCUT2D eigenvalue weighted by atomic mass is 35.5. The third kappa shape index (κ3) is 4.78. The zero-order valence-electron chi connectivity index (χ0n) is 12.9. The highest BCUT2D eigenvalue weighted by molar-refractivity contribution is 6.47. The first-order valence-corrected chi connectivity index (χ1v) is 8.00. The minimum Gasteiger partial charge on any atom is -0.462 e. The number of ether oxygens (including phenoxy) is 1. The lowest BCUT2D eigenvalue weighted by Gasteiger charge is -2.13. The molecule has 9 heteroatoms. The number of esters is 1. The standard InChI is InChI=1S/C15H14Cl3N3O3/c1-3-20-14(22)11-12(17)9(16)5-10(13(11)18)21-7-8(6-19)15(23)24-4-2/h5,7,21H,3-4H2,1-2H3,(H,20,22). The van der Waals surface area contributed by atoms with Crippen LogP contribution in [-0.2, 0) is 9.53 Å². The van der Waals surface area contributed by atoms with Crippen LogP contribution in [0, 0.1) is 11.3 Å². The van der Waals surface area contributed by atoms with Gasteiger partial charge in [0.2, 0.25) is 0 Å². The third-order valence-electron chi connectivity index (χ3n) is 2.71. The van der Waals surface area contributed by atoms with Crippen LogP contribution < -0.4 is 10.6 Å². The smallest absolute Gasteiger partial charge is 0.350 e. The monoisotopic (exact) mass is 389 g/mol. The number of hydrogen-bond donors (Lipinski definition) is 2. The van der Waals surface area contributed by atoms with E-state index < -0.39 is 11.9 Å². The molecular formula is C15H14Cl3N3O3. The summed E-state index contributed by atoms with van der Waals surface area (Å²) in [5.74, 6) is -1.28. The van der Waals surface area contributed by atoms with E-state index in [1.807, 2.05) is 0 Å². The maximum atomic E-state index is 12.1. The van der Waals surface area contributed by atoms with Crippen LogP contribution in [0.1, 0.15) is 24.2 Å². The van der Waals surface area contributed by atoms with E-state index in [1.54, 1.807) is 19.9 Å². The van der Waals surface area contributed by atoms with Crippen molar-refractivity contribution in [2.75, 3.05) is 18.5 Å². The molecule has 0 aliphatic heterocycles. The molecule has 1 aromatic rings. The summed E-state index contributed by atoms with van der Waals surface area (Å²) in [5.41, 5.74) is -0.0545. The Labute approximate surface area is 154 Å². The van der Waals surface area contributed by atoms with E-state index in [0.717, 1.165) is 6.20 Å². The van der Waals surface area contributed by atoms with Gasteiger partial charge in [-0.15, -0.1) is 0 Å². The number of carbonyl (C=O) groups excluding carboxylic acids is 2. The van der Waals surface area contributed by atoms with Gasteiger partial charge in [0.1, 0.15) is 6.07 Å². The molecule has 1 rings (SSSR count). The quantitative estimate of drug-likeness (QED) is 0.334. The van der Waals surface area contributed by atoms with E-state index in [0.29, 0.717) is 6.54 Å². The summed E-state index contributed by atoms with van der Waals surface area (Å²) >= 11 is 18.2. The maximum absolute atomic E-state index is 12.1. The van der Waals surface area contributed by atoms with Crippen LogP contribution in [0.4, 0.5) is 5.69 Å². The Kier molecular flexibility index (Phi) is 7.86. The van der Waals surface area contributed by atoms with Gasteiger partial charge in [-0.25, -0.2) is 4.79 Å². The number of nitrogens with one attached hydrogen (secondary N) is 2. The maximum Gasteiger partial charge on any atom is 0.350 e. The van der Waals surface area contributed by atoms with Crippen LogP contribution in [0.5, 0.6) is 0 Å². The van der Waals surface area contributed by atoms with Gasteiger partial charge in [0.05, 0.1) is 32.9 Å². The lowest BCUT2D eigenvalue weighted by Crippen LogP contribution is -2.23. The molecule has 0 atom stereocenters. The number of carbonyl (C=O) groups is 2. The number of amides is 1. The van der Waals surface area contributed by atoms with Crippen LogP contribution >= 0.6 is 34.8 Å². The summed E-state index contributed by atoms with van der Waals surface area (Å²) in [6.07, 6.45) is 1.12. The Morgan fingerprint density at radius 1 is 1.29 bits per heavy atom. The molecule has 0 unspecified atom stereocenters. The Hall–Kier alpha value is -1.94. The molecule has 0 radical (unpaired) electrons. The second-order valence-corrected chi connectivity index (χ2v) is 5.47. The van der Waals surface area contributed by atoms with Crippen LogP contribution in [0.2, 0.25) is 15.1 Å². The van der Waals surface area contributed by atoms with E-state index in [2.05, 4.69) is 10.6 Å². The van der Waals surface area contributed by atoms with Crippen molar-refractivity contribution in [1.82, 2.24) is 5.32 Å². The molecule has 1 amide bonds. The Morgan fingerprint density at radius 3 is 2.50 bits per heavy atom. The van der Waals surface area contributed by atoms with Gasteiger partial charge in [0.25, 0.3) is 5.91 Å². The minimum atomic E-state index is -0.785. The van der Waals surface area contributed by atoms with Gasteiger partial charge < -0.3 is 15.4 Å². The van der Waals surface area contributed by atoms with Gasteiger partial charge in [-0.3, -0.25) is 4.79 Å². The summed E-state index contributed by atoms with van der Waals surface area (Å²) in [7, 11) is 0. The first-order valence-electron chi connectivity index (χ1n) is 6.86. The van der Waals surface area contributed by atoms with Gasteiger partial charge >= 0.3 is 5.97 Å². The van der Waals surface area contributed by atoms with Crippen LogP contribution in [0.25, 0.3) is 0 Å². The second-order valence-electron chi connectivity index (χ2n) is 4.30. The molecule has 0 aliphatic carbocycles. The first kappa shape index (κ1) is 20.1. The molecule has 0 aliphatic rings. The van der Waals surface area contributed by atoms with E-state index in [9.17, 15) is 9.59 Å². The van der Waals surface area contributed by atoms with Crippen LogP contribution in [-0.4, -0.2) is 25.0 Å². The summed E-state index contributed by atoms with van der Waals surface area (Å²) in [6.45, 7) is 3.87. The van der Waals surface area contributed by atoms with Gasteiger partial charge in [-0.1, -0.05) is 34.8 Å². The summed E-state index contributed by atoms with van der Waals surface area (Å²) < 4.78 is 4.74. The topological polar surface area (TPSA) is 91.2 Å². The molecule has 0 fully saturated rings. The molecule has 0 saturated carbocycles. The lowest BCUT2D eigenvalue weighted by atomic mass is 10.1. The summed E-state index contributed by atoms with van der Waals surface area (Å²) in [5, 5.41) is 14.3. The van der Waals surface area contributed by atoms with Gasteiger partial charge in [-0.05, 0) is 19.9 Å². The average molecular weight is 391 g/mol. The van der Waals surface area contributed by atoms with Crippen LogP contribution in [0.3, 0.4) is 0 Å². The fourth-order valence-electron chi connectivity index (χ4n) is 1.65. The van der Waals surface area contributed by atoms with E-state index in [-0.39, 0.29) is 38.5 Å². The highest BCUT2D eigenvalue weighted by Gasteiger charge is 2.20. The third-order valence-corrected chi connectivity index (χ3v) is 3.89. The lowest BCUT2D eigenvalue weighted by molar-refractivity contribution is -0.138. The van der Waals surface area contributed by atoms with Crippen molar-refractivity contribution >= 4 is 52.4 Å². The number of nitrogens with zero attached hydrogens (tertiary/aromatic N) is 1. The van der Waals surface area contributed by atoms with Crippen molar-refractivity contribution in [3.63, 3.8) is 0 Å². The van der Waals surface area contributed by atoms with E-state index in [4.69, 9.17) is 44.8 Å². The number of halogens is 3. The summed E-state index contributed by atoms with van der Waals surface area (Å²) in [6, 6.07) is 3.08. The zero-order chi connectivity index (χ0) is 18.3. The second kappa shape index (κ2) is 9.38. The molecule has 128 valence electrons. The number of anilines is 1. The SMILES string of the molecule is CCNC(=O)c1c(Cl)c(Cl)cc(NC=C(C#N)C(=O)OCC)c1Cl. The Balaban J connectivity index is 3.24. The molecular weight excluding hydrogens is 377 g/mol. The van der Waals surface area contributed by atoms with Crippen molar-refractivity contribution < 1.29 is 14.3 Å². The minimum absolute atomic E-state index is 0.00164. The molecule has 0 saturated heterocycles. The van der Waals surface area contributed by atoms with E-state index >= 15 is 0 Å². The number of benzene rings is 1. The highest BCUT2D eigenvalue weighted by Crippen LogP contribution is 2.37. The zero-order valence-corrected chi connectivity index (χ0v) is 15.1. The largest absolute Gasteiger partial charge is 0.462 e. The predicted molar refractivity (Wildman–Crippen MR) is 93.4 cm³/mol. The molecule has 6 nitrogen and oxygen atoms in total. The van der Waals surface area contributed by atoms with Crippen molar-refractivity contribution in [3.05, 3.63) is 38.5 Å². The normalized spacial score (nSPS) is 10.8. The first-order chi connectivity index (χ1) is 11.4. The predicted octanol–water partition coefficient (Wildman–Crippen LogP) is 3.78. The molecule has 24 heavy (non-hydrogen) atoms. The van der Waals surface area contributed by atoms with E-state index in [1.165, 1.54) is 6.07 Å². The number of hydrogen-bond acceptors (Lipinski definition) is 5. The molecule has 0 bridgehead atoms. The van der Waals surface area contributed by atoms with Crippen molar-refractivity contribution in [3.8, 4) is 6.07 Å². The summed E-state index contributed by atoms with van der Waals surface area (Å²) in [4.78, 5) is 23.6. The van der Waals surface area contributed by atoms with Gasteiger partial charge in [-0.2, -0.15) is 5.26 Å². The molecule has 0 aromatic heterocycles. The van der Waals surface area contributed by atoms with Gasteiger partial charge in [0.15, 0.2) is 5.57 Å². The average Bonchev–Trinajstić information content (AvgIpc) is 2.53. The Morgan fingerprint density at radius 2 is 1.96 bits per heavy atom. The molecule has 2 N–H and O–H groups in total.